The van der Waals surface area contributed by atoms with E-state index in [0.717, 1.165) is 6.42 Å². The fraction of sp³-hybridized carbons (Fsp3) is 0.588. The van der Waals surface area contributed by atoms with E-state index in [9.17, 15) is 4.79 Å². The molecular formula is C17H25NO3. The average Bonchev–Trinajstić information content (AvgIpc) is 3.30. The molecule has 1 aromatic carbocycles. The highest BCUT2D eigenvalue weighted by Crippen LogP contribution is 2.33. The van der Waals surface area contributed by atoms with Crippen LogP contribution in [0.25, 0.3) is 0 Å². The van der Waals surface area contributed by atoms with Gasteiger partial charge in [0.15, 0.2) is 11.5 Å². The van der Waals surface area contributed by atoms with Crippen LogP contribution in [-0.4, -0.2) is 25.2 Å². The Balaban J connectivity index is 2.07. The molecular weight excluding hydrogens is 266 g/mol. The maximum absolute atomic E-state index is 12.3. The topological polar surface area (TPSA) is 47.6 Å². The van der Waals surface area contributed by atoms with E-state index in [0.29, 0.717) is 36.2 Å². The number of hydrogen-bond donors (Lipinski definition) is 1. The second-order valence-electron chi connectivity index (χ2n) is 5.54. The van der Waals surface area contributed by atoms with Crippen LogP contribution in [0.15, 0.2) is 18.2 Å². The van der Waals surface area contributed by atoms with E-state index in [4.69, 9.17) is 9.47 Å². The highest BCUT2D eigenvalue weighted by molar-refractivity contribution is 5.95. The van der Waals surface area contributed by atoms with E-state index in [-0.39, 0.29) is 11.9 Å². The summed E-state index contributed by atoms with van der Waals surface area (Å²) in [6, 6.07) is 5.62. The average molecular weight is 291 g/mol. The van der Waals surface area contributed by atoms with Gasteiger partial charge in [0.1, 0.15) is 0 Å². The molecule has 1 saturated carbocycles. The van der Waals surface area contributed by atoms with E-state index in [1.54, 1.807) is 12.1 Å². The lowest BCUT2D eigenvalue weighted by atomic mass is 10.1. The van der Waals surface area contributed by atoms with Gasteiger partial charge in [-0.1, -0.05) is 6.92 Å². The number of carbonyl (C=O) groups excluding carboxylic acids is 1. The largest absolute Gasteiger partial charge is 0.490 e. The molecule has 1 aromatic rings. The van der Waals surface area contributed by atoms with Crippen molar-refractivity contribution in [2.75, 3.05) is 13.2 Å². The summed E-state index contributed by atoms with van der Waals surface area (Å²) in [7, 11) is 0. The van der Waals surface area contributed by atoms with Crippen LogP contribution in [0.2, 0.25) is 0 Å². The third-order valence-electron chi connectivity index (χ3n) is 3.66. The maximum Gasteiger partial charge on any atom is 0.251 e. The highest BCUT2D eigenvalue weighted by atomic mass is 16.5. The first-order valence-electron chi connectivity index (χ1n) is 7.86. The van der Waals surface area contributed by atoms with Crippen LogP contribution in [0.4, 0.5) is 0 Å². The van der Waals surface area contributed by atoms with Crippen molar-refractivity contribution < 1.29 is 14.3 Å². The minimum absolute atomic E-state index is 0.0441. The molecule has 116 valence electrons. The van der Waals surface area contributed by atoms with Gasteiger partial charge in [0.25, 0.3) is 5.91 Å². The van der Waals surface area contributed by atoms with Gasteiger partial charge < -0.3 is 14.8 Å². The Morgan fingerprint density at radius 3 is 2.67 bits per heavy atom. The predicted octanol–water partition coefficient (Wildman–Crippen LogP) is 3.40. The number of carbonyl (C=O) groups is 1. The fourth-order valence-electron chi connectivity index (χ4n) is 2.25. The molecule has 0 bridgehead atoms. The molecule has 1 unspecified atom stereocenters. The van der Waals surface area contributed by atoms with Gasteiger partial charge in [0.05, 0.1) is 13.2 Å². The van der Waals surface area contributed by atoms with Gasteiger partial charge in [0, 0.05) is 11.6 Å². The summed E-state index contributed by atoms with van der Waals surface area (Å²) in [6.07, 6.45) is 3.37. The summed E-state index contributed by atoms with van der Waals surface area (Å²) < 4.78 is 11.2. The molecule has 1 aliphatic rings. The summed E-state index contributed by atoms with van der Waals surface area (Å²) in [4.78, 5) is 12.3. The zero-order valence-corrected chi connectivity index (χ0v) is 13.1. The van der Waals surface area contributed by atoms with Crippen LogP contribution in [-0.2, 0) is 0 Å². The zero-order valence-electron chi connectivity index (χ0n) is 13.1. The van der Waals surface area contributed by atoms with Crippen molar-refractivity contribution in [1.82, 2.24) is 5.32 Å². The molecule has 2 rings (SSSR count). The lowest BCUT2D eigenvalue weighted by Gasteiger charge is -2.15. The zero-order chi connectivity index (χ0) is 15.2. The second-order valence-corrected chi connectivity index (χ2v) is 5.54. The molecule has 0 aromatic heterocycles. The first-order valence-corrected chi connectivity index (χ1v) is 7.86. The smallest absolute Gasteiger partial charge is 0.251 e. The van der Waals surface area contributed by atoms with Gasteiger partial charge in [-0.25, -0.2) is 0 Å². The van der Waals surface area contributed by atoms with E-state index in [1.165, 1.54) is 12.8 Å². The normalized spacial score (nSPS) is 15.4. The van der Waals surface area contributed by atoms with Crippen molar-refractivity contribution in [3.8, 4) is 11.5 Å². The second kappa shape index (κ2) is 7.34. The molecule has 21 heavy (non-hydrogen) atoms. The Bertz CT molecular complexity index is 483. The highest BCUT2D eigenvalue weighted by Gasteiger charge is 2.29. The third-order valence-corrected chi connectivity index (χ3v) is 3.66. The maximum atomic E-state index is 12.3. The molecule has 1 fully saturated rings. The van der Waals surface area contributed by atoms with E-state index in [1.807, 2.05) is 13.0 Å². The summed E-state index contributed by atoms with van der Waals surface area (Å²) in [5.74, 6) is 1.94. The first-order chi connectivity index (χ1) is 10.2. The molecule has 0 radical (unpaired) electrons. The SMILES string of the molecule is CCCOc1ccc(C(=O)NC(C)C2CC2)cc1OCC. The van der Waals surface area contributed by atoms with Crippen molar-refractivity contribution in [3.05, 3.63) is 23.8 Å². The summed E-state index contributed by atoms with van der Waals surface area (Å²) in [6.45, 7) is 7.24. The van der Waals surface area contributed by atoms with Crippen LogP contribution in [0.5, 0.6) is 11.5 Å². The Labute approximate surface area is 126 Å². The number of amides is 1. The predicted molar refractivity (Wildman–Crippen MR) is 83.0 cm³/mol. The molecule has 1 aliphatic carbocycles. The van der Waals surface area contributed by atoms with Crippen molar-refractivity contribution >= 4 is 5.91 Å². The Kier molecular flexibility index (Phi) is 5.48. The summed E-state index contributed by atoms with van der Waals surface area (Å²) in [5, 5.41) is 3.05. The van der Waals surface area contributed by atoms with E-state index >= 15 is 0 Å². The van der Waals surface area contributed by atoms with Crippen LogP contribution < -0.4 is 14.8 Å². The quantitative estimate of drug-likeness (QED) is 0.798. The molecule has 1 atom stereocenters. The summed E-state index contributed by atoms with van der Waals surface area (Å²) in [5.41, 5.74) is 0.620. The Morgan fingerprint density at radius 2 is 2.05 bits per heavy atom. The van der Waals surface area contributed by atoms with Gasteiger partial charge in [-0.3, -0.25) is 4.79 Å². The minimum atomic E-state index is -0.0441. The molecule has 0 saturated heterocycles. The Hall–Kier alpha value is -1.71. The molecule has 4 nitrogen and oxygen atoms in total. The molecule has 0 spiro atoms. The third kappa shape index (κ3) is 4.38. The fourth-order valence-corrected chi connectivity index (χ4v) is 2.25. The molecule has 0 heterocycles. The number of hydrogen-bond acceptors (Lipinski definition) is 3. The Morgan fingerprint density at radius 1 is 1.29 bits per heavy atom. The standard InChI is InChI=1S/C17H25NO3/c1-4-10-21-15-9-8-14(11-16(15)20-5-2)17(19)18-12(3)13-6-7-13/h8-9,11-13H,4-7,10H2,1-3H3,(H,18,19). The molecule has 4 heteroatoms. The monoisotopic (exact) mass is 291 g/mol. The number of benzene rings is 1. The van der Waals surface area contributed by atoms with Crippen LogP contribution in [0.3, 0.4) is 0 Å². The lowest BCUT2D eigenvalue weighted by molar-refractivity contribution is 0.0935. The van der Waals surface area contributed by atoms with Crippen LogP contribution >= 0.6 is 0 Å². The van der Waals surface area contributed by atoms with Crippen molar-refractivity contribution in [2.45, 2.75) is 46.1 Å². The minimum Gasteiger partial charge on any atom is -0.490 e. The van der Waals surface area contributed by atoms with Gasteiger partial charge in [-0.2, -0.15) is 0 Å². The van der Waals surface area contributed by atoms with Crippen molar-refractivity contribution in [1.29, 1.82) is 0 Å². The number of ether oxygens (including phenoxy) is 2. The van der Waals surface area contributed by atoms with Crippen molar-refractivity contribution in [3.63, 3.8) is 0 Å². The molecule has 1 amide bonds. The number of rotatable bonds is 8. The van der Waals surface area contributed by atoms with Gasteiger partial charge in [-0.05, 0) is 57.2 Å². The van der Waals surface area contributed by atoms with Gasteiger partial charge in [-0.15, -0.1) is 0 Å². The molecule has 0 aliphatic heterocycles. The molecule has 1 N–H and O–H groups in total. The van der Waals surface area contributed by atoms with Crippen molar-refractivity contribution in [2.24, 2.45) is 5.92 Å². The van der Waals surface area contributed by atoms with E-state index < -0.39 is 0 Å². The van der Waals surface area contributed by atoms with Gasteiger partial charge in [0.2, 0.25) is 0 Å². The van der Waals surface area contributed by atoms with E-state index in [2.05, 4.69) is 19.2 Å². The van der Waals surface area contributed by atoms with Crippen LogP contribution in [0, 0.1) is 5.92 Å². The summed E-state index contributed by atoms with van der Waals surface area (Å²) >= 11 is 0. The van der Waals surface area contributed by atoms with Gasteiger partial charge >= 0.3 is 0 Å². The number of nitrogens with one attached hydrogen (secondary N) is 1. The van der Waals surface area contributed by atoms with Crippen LogP contribution in [0.1, 0.15) is 50.4 Å². The first kappa shape index (κ1) is 15.7. The lowest BCUT2D eigenvalue weighted by Crippen LogP contribution is -2.33.